The summed E-state index contributed by atoms with van der Waals surface area (Å²) in [4.78, 5) is 31.0. The molecule has 0 spiro atoms. The van der Waals surface area contributed by atoms with Gasteiger partial charge in [0.25, 0.3) is 0 Å². The third-order valence-electron chi connectivity index (χ3n) is 6.00. The first-order chi connectivity index (χ1) is 15.6. The first-order valence-corrected chi connectivity index (χ1v) is 13.8. The third kappa shape index (κ3) is 6.16. The minimum atomic E-state index is -3.77. The second-order valence-corrected chi connectivity index (χ2v) is 12.4. The van der Waals surface area contributed by atoms with E-state index < -0.39 is 26.6 Å². The molecule has 182 valence electrons. The number of hydrogen-bond acceptors (Lipinski definition) is 6. The van der Waals surface area contributed by atoms with Crippen molar-refractivity contribution in [3.63, 3.8) is 0 Å². The van der Waals surface area contributed by atoms with Gasteiger partial charge < -0.3 is 10.2 Å². The summed E-state index contributed by atoms with van der Waals surface area (Å²) >= 11 is 1.28. The summed E-state index contributed by atoms with van der Waals surface area (Å²) in [6, 6.07) is 7.04. The van der Waals surface area contributed by atoms with Gasteiger partial charge in [0.2, 0.25) is 21.8 Å². The first-order valence-electron chi connectivity index (χ1n) is 11.5. The van der Waals surface area contributed by atoms with Crippen LogP contribution in [0, 0.1) is 0 Å². The lowest BCUT2D eigenvalue weighted by Gasteiger charge is -2.40. The Hall–Kier alpha value is -1.91. The van der Waals surface area contributed by atoms with Gasteiger partial charge in [0.1, 0.15) is 10.6 Å². The largest absolute Gasteiger partial charge is 0.351 e. The molecule has 0 saturated carbocycles. The fourth-order valence-electron chi connectivity index (χ4n) is 3.96. The normalized spacial score (nSPS) is 21.8. The molecule has 0 bridgehead atoms. The van der Waals surface area contributed by atoms with E-state index >= 15 is 0 Å². The molecule has 8 nitrogen and oxygen atoms in total. The number of carbonyl (C=O) groups excluding carboxylic acids is 2. The molecular formula is C23H34N4O4S2. The van der Waals surface area contributed by atoms with E-state index in [0.717, 1.165) is 23.4 Å². The van der Waals surface area contributed by atoms with Crippen LogP contribution in [-0.2, 0) is 26.2 Å². The van der Waals surface area contributed by atoms with Crippen LogP contribution < -0.4 is 5.32 Å². The van der Waals surface area contributed by atoms with Gasteiger partial charge in [-0.05, 0) is 23.5 Å². The number of benzene rings is 1. The highest BCUT2D eigenvalue weighted by molar-refractivity contribution is 8.22. The predicted octanol–water partition coefficient (Wildman–Crippen LogP) is 2.56. The number of carbonyl (C=O) groups is 2. The number of aliphatic imine (C=N–C) groups is 1. The van der Waals surface area contributed by atoms with Crippen molar-refractivity contribution in [1.29, 1.82) is 0 Å². The summed E-state index contributed by atoms with van der Waals surface area (Å²) in [5.41, 5.74) is 2.15. The Bertz CT molecular complexity index is 992. The van der Waals surface area contributed by atoms with Crippen LogP contribution in [0.2, 0.25) is 0 Å². The van der Waals surface area contributed by atoms with E-state index in [1.807, 2.05) is 31.2 Å². The van der Waals surface area contributed by atoms with Gasteiger partial charge in [-0.25, -0.2) is 8.42 Å². The Kier molecular flexibility index (Phi) is 8.58. The van der Waals surface area contributed by atoms with Gasteiger partial charge in [-0.1, -0.05) is 63.2 Å². The average Bonchev–Trinajstić information content (AvgIpc) is 3.27. The number of thioether (sulfide) groups is 1. The zero-order valence-electron chi connectivity index (χ0n) is 19.8. The highest BCUT2D eigenvalue weighted by Crippen LogP contribution is 2.31. The van der Waals surface area contributed by atoms with Crippen molar-refractivity contribution in [2.75, 3.05) is 26.2 Å². The maximum Gasteiger partial charge on any atom is 0.240 e. The van der Waals surface area contributed by atoms with Gasteiger partial charge in [-0.2, -0.15) is 4.31 Å². The van der Waals surface area contributed by atoms with Crippen molar-refractivity contribution >= 4 is 38.6 Å². The molecule has 2 atom stereocenters. The summed E-state index contributed by atoms with van der Waals surface area (Å²) in [6.45, 7) is 8.62. The molecule has 1 N–H and O–H groups in total. The van der Waals surface area contributed by atoms with Crippen molar-refractivity contribution in [2.45, 2.75) is 63.6 Å². The van der Waals surface area contributed by atoms with Crippen LogP contribution in [0.3, 0.4) is 0 Å². The number of nitrogens with zero attached hydrogens (tertiary/aromatic N) is 3. The SMILES string of the molecule is CCCC1=NCC(S(=O)(=O)N2CCN(C(C)=O)C[C@@H]2C(=O)NCc2ccc(C(C)C)cc2)S1. The molecule has 2 amide bonds. The minimum absolute atomic E-state index is 0.0484. The standard InChI is InChI=1S/C23H34N4O4S2/c1-5-6-21-24-14-22(32-21)33(30,31)27-12-11-26(17(4)28)15-20(27)23(29)25-13-18-7-9-19(10-8-18)16(2)3/h7-10,16,20,22H,5-6,11-15H2,1-4H3,(H,25,29)/t20-,22?/m1/s1. The Labute approximate surface area is 201 Å². The van der Waals surface area contributed by atoms with E-state index in [4.69, 9.17) is 0 Å². The van der Waals surface area contributed by atoms with Gasteiger partial charge in [0.05, 0.1) is 11.6 Å². The number of amides is 2. The summed E-state index contributed by atoms with van der Waals surface area (Å²) in [5, 5.41) is 3.73. The Balaban J connectivity index is 1.73. The number of hydrogen-bond donors (Lipinski definition) is 1. The van der Waals surface area contributed by atoms with E-state index in [0.29, 0.717) is 12.5 Å². The van der Waals surface area contributed by atoms with E-state index in [1.54, 1.807) is 0 Å². The summed E-state index contributed by atoms with van der Waals surface area (Å²) in [7, 11) is -3.77. The Morgan fingerprint density at radius 2 is 1.91 bits per heavy atom. The summed E-state index contributed by atoms with van der Waals surface area (Å²) < 4.78 is 27.5. The zero-order valence-corrected chi connectivity index (χ0v) is 21.4. The highest BCUT2D eigenvalue weighted by Gasteiger charge is 2.45. The molecule has 1 fully saturated rings. The van der Waals surface area contributed by atoms with E-state index in [1.165, 1.54) is 33.5 Å². The molecule has 0 radical (unpaired) electrons. The van der Waals surface area contributed by atoms with Crippen LogP contribution in [0.5, 0.6) is 0 Å². The van der Waals surface area contributed by atoms with Crippen molar-refractivity contribution in [3.05, 3.63) is 35.4 Å². The molecule has 0 aromatic heterocycles. The second-order valence-electron chi connectivity index (χ2n) is 8.78. The number of nitrogens with one attached hydrogen (secondary N) is 1. The molecule has 33 heavy (non-hydrogen) atoms. The number of rotatable bonds is 8. The topological polar surface area (TPSA) is 99.2 Å². The molecule has 0 aliphatic carbocycles. The quantitative estimate of drug-likeness (QED) is 0.599. The van der Waals surface area contributed by atoms with E-state index in [2.05, 4.69) is 24.2 Å². The highest BCUT2D eigenvalue weighted by atomic mass is 32.3. The molecule has 1 aromatic carbocycles. The fourth-order valence-corrected chi connectivity index (χ4v) is 7.45. The minimum Gasteiger partial charge on any atom is -0.351 e. The van der Waals surface area contributed by atoms with Gasteiger partial charge in [0, 0.05) is 33.1 Å². The maximum absolute atomic E-state index is 13.5. The third-order valence-corrected chi connectivity index (χ3v) is 9.94. The van der Waals surface area contributed by atoms with Crippen LogP contribution in [0.25, 0.3) is 0 Å². The van der Waals surface area contributed by atoms with Gasteiger partial charge in [-0.15, -0.1) is 0 Å². The average molecular weight is 495 g/mol. The van der Waals surface area contributed by atoms with Gasteiger partial charge in [-0.3, -0.25) is 14.6 Å². The first kappa shape index (κ1) is 25.7. The van der Waals surface area contributed by atoms with Crippen LogP contribution in [0.4, 0.5) is 0 Å². The van der Waals surface area contributed by atoms with E-state index in [9.17, 15) is 18.0 Å². The zero-order chi connectivity index (χ0) is 24.2. The Morgan fingerprint density at radius 3 is 2.52 bits per heavy atom. The molecule has 2 heterocycles. The van der Waals surface area contributed by atoms with Crippen molar-refractivity contribution in [1.82, 2.24) is 14.5 Å². The smallest absolute Gasteiger partial charge is 0.240 e. The van der Waals surface area contributed by atoms with Crippen molar-refractivity contribution in [2.24, 2.45) is 4.99 Å². The van der Waals surface area contributed by atoms with Gasteiger partial charge >= 0.3 is 0 Å². The molecule has 10 heteroatoms. The molecule has 2 aliphatic rings. The lowest BCUT2D eigenvalue weighted by atomic mass is 10.0. The molecular weight excluding hydrogens is 460 g/mol. The van der Waals surface area contributed by atoms with Crippen LogP contribution in [0.1, 0.15) is 57.6 Å². The van der Waals surface area contributed by atoms with E-state index in [-0.39, 0.29) is 32.1 Å². The van der Waals surface area contributed by atoms with Crippen molar-refractivity contribution < 1.29 is 18.0 Å². The molecule has 1 unspecified atom stereocenters. The summed E-state index contributed by atoms with van der Waals surface area (Å²) in [6.07, 6.45) is 1.66. The summed E-state index contributed by atoms with van der Waals surface area (Å²) in [5.74, 6) is -0.143. The maximum atomic E-state index is 13.5. The lowest BCUT2D eigenvalue weighted by Crippen LogP contribution is -2.62. The molecule has 1 saturated heterocycles. The van der Waals surface area contributed by atoms with Crippen LogP contribution in [-0.4, -0.2) is 71.3 Å². The Morgan fingerprint density at radius 1 is 1.21 bits per heavy atom. The number of sulfonamides is 1. The fraction of sp³-hybridized carbons (Fsp3) is 0.609. The van der Waals surface area contributed by atoms with Crippen LogP contribution in [0.15, 0.2) is 29.3 Å². The molecule has 3 rings (SSSR count). The van der Waals surface area contributed by atoms with Gasteiger partial charge in [0.15, 0.2) is 0 Å². The van der Waals surface area contributed by atoms with Crippen LogP contribution >= 0.6 is 11.8 Å². The number of piperazine rings is 1. The predicted molar refractivity (Wildman–Crippen MR) is 133 cm³/mol. The monoisotopic (exact) mass is 494 g/mol. The molecule has 2 aliphatic heterocycles. The second kappa shape index (κ2) is 11.0. The lowest BCUT2D eigenvalue weighted by molar-refractivity contribution is -0.134. The van der Waals surface area contributed by atoms with Crippen molar-refractivity contribution in [3.8, 4) is 0 Å². The molecule has 1 aromatic rings.